The third-order valence-electron chi connectivity index (χ3n) is 3.66. The maximum atomic E-state index is 13.1. The average molecular weight is 310 g/mol. The lowest BCUT2D eigenvalue weighted by Gasteiger charge is -2.29. The van der Waals surface area contributed by atoms with E-state index in [4.69, 9.17) is 4.74 Å². The Morgan fingerprint density at radius 2 is 2.09 bits per heavy atom. The van der Waals surface area contributed by atoms with Crippen molar-refractivity contribution in [3.63, 3.8) is 0 Å². The summed E-state index contributed by atoms with van der Waals surface area (Å²) in [6.45, 7) is 0.485. The Morgan fingerprint density at radius 3 is 2.64 bits per heavy atom. The fourth-order valence-electron chi connectivity index (χ4n) is 2.44. The van der Waals surface area contributed by atoms with Crippen molar-refractivity contribution in [2.75, 3.05) is 27.3 Å². The van der Waals surface area contributed by atoms with Crippen molar-refractivity contribution in [2.24, 2.45) is 0 Å². The highest BCUT2D eigenvalue weighted by Crippen LogP contribution is 2.24. The molecule has 1 fully saturated rings. The molecule has 0 aliphatic heterocycles. The van der Waals surface area contributed by atoms with Gasteiger partial charge in [-0.3, -0.25) is 9.69 Å². The zero-order chi connectivity index (χ0) is 16.1. The van der Waals surface area contributed by atoms with Crippen LogP contribution in [0.1, 0.15) is 24.4 Å². The summed E-state index contributed by atoms with van der Waals surface area (Å²) < 4.78 is 18.0. The highest BCUT2D eigenvalue weighted by molar-refractivity contribution is 5.83. The number of nitrogens with zero attached hydrogens (tertiary/aromatic N) is 1. The fraction of sp³-hybridized carbons (Fsp3) is 0.562. The first-order chi connectivity index (χ1) is 10.5. The first-order valence-corrected chi connectivity index (χ1v) is 7.44. The second-order valence-corrected chi connectivity index (χ2v) is 5.79. The summed E-state index contributed by atoms with van der Waals surface area (Å²) in [6.07, 6.45) is 1.31. The van der Waals surface area contributed by atoms with Gasteiger partial charge in [0.25, 0.3) is 0 Å². The van der Waals surface area contributed by atoms with Crippen LogP contribution in [0.5, 0.6) is 0 Å². The average Bonchev–Trinajstić information content (AvgIpc) is 3.25. The summed E-state index contributed by atoms with van der Waals surface area (Å²) in [5.74, 6) is -0.464. The number of rotatable bonds is 8. The molecule has 0 aromatic heterocycles. The van der Waals surface area contributed by atoms with E-state index in [1.807, 2.05) is 0 Å². The predicted octanol–water partition coefficient (Wildman–Crippen LogP) is 1.08. The molecule has 0 radical (unpaired) electrons. The van der Waals surface area contributed by atoms with Crippen molar-refractivity contribution in [1.29, 1.82) is 0 Å². The number of hydrogen-bond acceptors (Lipinski definition) is 4. The molecule has 122 valence electrons. The van der Waals surface area contributed by atoms with Gasteiger partial charge in [-0.2, -0.15) is 0 Å². The summed E-state index contributed by atoms with van der Waals surface area (Å²) >= 11 is 0. The minimum atomic E-state index is -0.688. The molecule has 1 aromatic carbocycles. The number of nitrogens with one attached hydrogen (secondary N) is 1. The third-order valence-corrected chi connectivity index (χ3v) is 3.66. The first kappa shape index (κ1) is 16.9. The van der Waals surface area contributed by atoms with Crippen LogP contribution in [0, 0.1) is 5.82 Å². The lowest BCUT2D eigenvalue weighted by atomic mass is 10.0. The predicted molar refractivity (Wildman–Crippen MR) is 80.8 cm³/mol. The van der Waals surface area contributed by atoms with Gasteiger partial charge in [-0.05, 0) is 37.6 Å². The molecule has 0 bridgehead atoms. The van der Waals surface area contributed by atoms with Gasteiger partial charge in [0.15, 0.2) is 0 Å². The molecule has 0 saturated heterocycles. The number of ether oxygens (including phenoxy) is 1. The van der Waals surface area contributed by atoms with Crippen LogP contribution in [0.4, 0.5) is 4.39 Å². The number of aliphatic hydroxyl groups is 1. The Morgan fingerprint density at radius 1 is 1.45 bits per heavy atom. The molecule has 2 atom stereocenters. The topological polar surface area (TPSA) is 61.8 Å². The van der Waals surface area contributed by atoms with Gasteiger partial charge < -0.3 is 15.2 Å². The van der Waals surface area contributed by atoms with E-state index in [9.17, 15) is 14.3 Å². The summed E-state index contributed by atoms with van der Waals surface area (Å²) in [5, 5.41) is 12.8. The quantitative estimate of drug-likeness (QED) is 0.754. The van der Waals surface area contributed by atoms with Crippen LogP contribution in [0.3, 0.4) is 0 Å². The number of aliphatic hydroxyl groups excluding tert-OH is 1. The summed E-state index contributed by atoms with van der Waals surface area (Å²) in [4.78, 5) is 14.3. The van der Waals surface area contributed by atoms with Crippen LogP contribution in [0.15, 0.2) is 24.3 Å². The highest BCUT2D eigenvalue weighted by atomic mass is 19.1. The highest BCUT2D eigenvalue weighted by Gasteiger charge is 2.31. The van der Waals surface area contributed by atoms with Crippen LogP contribution in [0.2, 0.25) is 0 Å². The zero-order valence-corrected chi connectivity index (χ0v) is 13.0. The molecule has 2 rings (SSSR count). The number of carbonyl (C=O) groups excluding carboxylic acids is 1. The third kappa shape index (κ3) is 4.76. The lowest BCUT2D eigenvalue weighted by Crippen LogP contribution is -2.43. The first-order valence-electron chi connectivity index (χ1n) is 7.44. The lowest BCUT2D eigenvalue weighted by molar-refractivity contribution is -0.127. The molecule has 1 aliphatic carbocycles. The number of benzene rings is 1. The van der Waals surface area contributed by atoms with Crippen molar-refractivity contribution in [2.45, 2.75) is 31.0 Å². The van der Waals surface area contributed by atoms with Gasteiger partial charge in [0, 0.05) is 19.7 Å². The summed E-state index contributed by atoms with van der Waals surface area (Å²) in [5.41, 5.74) is 0.701. The van der Waals surface area contributed by atoms with Gasteiger partial charge in [-0.15, -0.1) is 0 Å². The molecule has 1 saturated carbocycles. The molecule has 1 aromatic rings. The van der Waals surface area contributed by atoms with Gasteiger partial charge in [0.05, 0.1) is 12.7 Å². The maximum Gasteiger partial charge on any atom is 0.242 e. The minimum absolute atomic E-state index is 0.124. The van der Waals surface area contributed by atoms with Crippen LogP contribution >= 0.6 is 0 Å². The normalized spacial score (nSPS) is 17.3. The number of likely N-dealkylation sites (N-methyl/N-ethyl adjacent to an activating group) is 1. The van der Waals surface area contributed by atoms with E-state index in [0.717, 1.165) is 12.8 Å². The van der Waals surface area contributed by atoms with E-state index in [1.165, 1.54) is 19.2 Å². The van der Waals surface area contributed by atoms with E-state index in [1.54, 1.807) is 24.1 Å². The van der Waals surface area contributed by atoms with Crippen molar-refractivity contribution < 1.29 is 19.0 Å². The number of carbonyl (C=O) groups is 1. The molecule has 0 heterocycles. The standard InChI is InChI=1S/C16H23FN2O3/c1-19(9-14(20)10-22-2)15(16(21)18-13-7-8-13)11-3-5-12(17)6-4-11/h3-6,13-15,20H,7-10H2,1-2H3,(H,18,21). The zero-order valence-electron chi connectivity index (χ0n) is 13.0. The van der Waals surface area contributed by atoms with Crippen LogP contribution in [0.25, 0.3) is 0 Å². The van der Waals surface area contributed by atoms with Gasteiger partial charge >= 0.3 is 0 Å². The summed E-state index contributed by atoms with van der Waals surface area (Å²) in [7, 11) is 3.28. The molecule has 6 heteroatoms. The van der Waals surface area contributed by atoms with Gasteiger partial charge in [0.1, 0.15) is 11.9 Å². The Bertz CT molecular complexity index is 491. The Balaban J connectivity index is 2.12. The van der Waals surface area contributed by atoms with Crippen LogP contribution in [-0.2, 0) is 9.53 Å². The minimum Gasteiger partial charge on any atom is -0.389 e. The van der Waals surface area contributed by atoms with Gasteiger partial charge in [0.2, 0.25) is 5.91 Å². The van der Waals surface area contributed by atoms with Crippen LogP contribution < -0.4 is 5.32 Å². The Hall–Kier alpha value is -1.50. The number of amides is 1. The molecule has 1 amide bonds. The maximum absolute atomic E-state index is 13.1. The van der Waals surface area contributed by atoms with Crippen LogP contribution in [-0.4, -0.2) is 55.4 Å². The van der Waals surface area contributed by atoms with E-state index in [0.29, 0.717) is 5.56 Å². The van der Waals surface area contributed by atoms with Crippen molar-refractivity contribution in [1.82, 2.24) is 10.2 Å². The second kappa shape index (κ2) is 7.67. The SMILES string of the molecule is COCC(O)CN(C)C(C(=O)NC1CC1)c1ccc(F)cc1. The number of methoxy groups -OCH3 is 1. The van der Waals surface area contributed by atoms with E-state index in [-0.39, 0.29) is 30.9 Å². The second-order valence-electron chi connectivity index (χ2n) is 5.79. The van der Waals surface area contributed by atoms with Gasteiger partial charge in [-0.25, -0.2) is 4.39 Å². The molecule has 1 aliphatic rings. The van der Waals surface area contributed by atoms with Gasteiger partial charge in [-0.1, -0.05) is 12.1 Å². The summed E-state index contributed by atoms with van der Waals surface area (Å²) in [6, 6.07) is 5.57. The number of halogens is 1. The Kier molecular flexibility index (Phi) is 5.88. The molecule has 2 unspecified atom stereocenters. The van der Waals surface area contributed by atoms with E-state index < -0.39 is 12.1 Å². The monoisotopic (exact) mass is 310 g/mol. The smallest absolute Gasteiger partial charge is 0.242 e. The largest absolute Gasteiger partial charge is 0.389 e. The molecule has 0 spiro atoms. The van der Waals surface area contributed by atoms with E-state index >= 15 is 0 Å². The van der Waals surface area contributed by atoms with Crippen molar-refractivity contribution >= 4 is 5.91 Å². The molecule has 2 N–H and O–H groups in total. The molecule has 5 nitrogen and oxygen atoms in total. The molecular formula is C16H23FN2O3. The number of hydrogen-bond donors (Lipinski definition) is 2. The van der Waals surface area contributed by atoms with Crippen molar-refractivity contribution in [3.05, 3.63) is 35.6 Å². The molecule has 22 heavy (non-hydrogen) atoms. The molecular weight excluding hydrogens is 287 g/mol. The Labute approximate surface area is 130 Å². The van der Waals surface area contributed by atoms with E-state index in [2.05, 4.69) is 5.32 Å². The fourth-order valence-corrected chi connectivity index (χ4v) is 2.44. The van der Waals surface area contributed by atoms with Crippen molar-refractivity contribution in [3.8, 4) is 0 Å².